The molecular formula is C12H14N4O4. The van der Waals surface area contributed by atoms with Crippen molar-refractivity contribution in [1.29, 1.82) is 0 Å². The molecule has 4 N–H and O–H groups in total. The Hall–Kier alpha value is -2.64. The molecule has 106 valence electrons. The zero-order valence-electron chi connectivity index (χ0n) is 10.6. The van der Waals surface area contributed by atoms with Gasteiger partial charge in [0.05, 0.1) is 4.92 Å². The SMILES string of the molecule is Nc1ccc(C(=O)NC2CCC(=O)NC2)cc1[N+](=O)[O-]. The molecule has 0 aliphatic carbocycles. The number of carbonyl (C=O) groups excluding carboxylic acids is 2. The monoisotopic (exact) mass is 278 g/mol. The maximum Gasteiger partial charge on any atom is 0.292 e. The van der Waals surface area contributed by atoms with E-state index in [9.17, 15) is 19.7 Å². The summed E-state index contributed by atoms with van der Waals surface area (Å²) >= 11 is 0. The number of piperidine rings is 1. The largest absolute Gasteiger partial charge is 0.393 e. The third kappa shape index (κ3) is 3.02. The third-order valence-electron chi connectivity index (χ3n) is 3.09. The highest BCUT2D eigenvalue weighted by Gasteiger charge is 2.21. The summed E-state index contributed by atoms with van der Waals surface area (Å²) < 4.78 is 0. The van der Waals surface area contributed by atoms with Crippen molar-refractivity contribution in [2.24, 2.45) is 0 Å². The van der Waals surface area contributed by atoms with Crippen molar-refractivity contribution in [3.8, 4) is 0 Å². The van der Waals surface area contributed by atoms with Crippen molar-refractivity contribution in [2.75, 3.05) is 12.3 Å². The summed E-state index contributed by atoms with van der Waals surface area (Å²) in [4.78, 5) is 33.1. The van der Waals surface area contributed by atoms with Gasteiger partial charge < -0.3 is 16.4 Å². The minimum atomic E-state index is -0.632. The Morgan fingerprint density at radius 2 is 2.25 bits per heavy atom. The van der Waals surface area contributed by atoms with E-state index in [0.717, 1.165) is 6.07 Å². The molecule has 8 nitrogen and oxygen atoms in total. The fourth-order valence-corrected chi connectivity index (χ4v) is 1.97. The van der Waals surface area contributed by atoms with E-state index >= 15 is 0 Å². The molecule has 0 spiro atoms. The average Bonchev–Trinajstić information content (AvgIpc) is 2.41. The minimum Gasteiger partial charge on any atom is -0.393 e. The number of nitrogen functional groups attached to an aromatic ring is 1. The van der Waals surface area contributed by atoms with E-state index in [0.29, 0.717) is 19.4 Å². The molecule has 1 fully saturated rings. The normalized spacial score (nSPS) is 18.2. The van der Waals surface area contributed by atoms with Crippen molar-refractivity contribution >= 4 is 23.2 Å². The van der Waals surface area contributed by atoms with Crippen LogP contribution >= 0.6 is 0 Å². The van der Waals surface area contributed by atoms with Crippen LogP contribution in [0.1, 0.15) is 23.2 Å². The number of rotatable bonds is 3. The van der Waals surface area contributed by atoms with Crippen LogP contribution in [0.4, 0.5) is 11.4 Å². The second kappa shape index (κ2) is 5.55. The highest BCUT2D eigenvalue weighted by atomic mass is 16.6. The molecule has 0 bridgehead atoms. The highest BCUT2D eigenvalue weighted by Crippen LogP contribution is 2.22. The lowest BCUT2D eigenvalue weighted by Crippen LogP contribution is -2.47. The second-order valence-corrected chi connectivity index (χ2v) is 4.54. The van der Waals surface area contributed by atoms with E-state index in [1.54, 1.807) is 0 Å². The molecule has 1 aliphatic heterocycles. The van der Waals surface area contributed by atoms with Gasteiger partial charge in [-0.2, -0.15) is 0 Å². The zero-order chi connectivity index (χ0) is 14.7. The number of carbonyl (C=O) groups is 2. The van der Waals surface area contributed by atoms with Gasteiger partial charge in [-0.15, -0.1) is 0 Å². The van der Waals surface area contributed by atoms with Crippen LogP contribution in [0.2, 0.25) is 0 Å². The first-order valence-electron chi connectivity index (χ1n) is 6.09. The number of hydrogen-bond acceptors (Lipinski definition) is 5. The number of benzene rings is 1. The Kier molecular flexibility index (Phi) is 3.83. The predicted octanol–water partition coefficient (Wildman–Crippen LogP) is 0.185. The van der Waals surface area contributed by atoms with E-state index in [1.807, 2.05) is 0 Å². The molecule has 1 atom stereocenters. The summed E-state index contributed by atoms with van der Waals surface area (Å²) in [5.74, 6) is -0.465. The summed E-state index contributed by atoms with van der Waals surface area (Å²) in [5, 5.41) is 16.1. The summed E-state index contributed by atoms with van der Waals surface area (Å²) in [6.45, 7) is 0.363. The molecule has 1 aromatic carbocycles. The minimum absolute atomic E-state index is 0.0106. The number of anilines is 1. The van der Waals surface area contributed by atoms with Gasteiger partial charge in [0.15, 0.2) is 0 Å². The van der Waals surface area contributed by atoms with Crippen LogP contribution in [-0.4, -0.2) is 29.3 Å². The number of nitrogens with one attached hydrogen (secondary N) is 2. The first kappa shape index (κ1) is 13.8. The summed E-state index contributed by atoms with van der Waals surface area (Å²) in [5.41, 5.74) is 5.35. The third-order valence-corrected chi connectivity index (χ3v) is 3.09. The first-order chi connectivity index (χ1) is 9.47. The van der Waals surface area contributed by atoms with E-state index in [4.69, 9.17) is 5.73 Å². The van der Waals surface area contributed by atoms with E-state index in [-0.39, 0.29) is 28.9 Å². The summed E-state index contributed by atoms with van der Waals surface area (Å²) in [6.07, 6.45) is 0.904. The second-order valence-electron chi connectivity index (χ2n) is 4.54. The van der Waals surface area contributed by atoms with Crippen LogP contribution in [-0.2, 0) is 4.79 Å². The van der Waals surface area contributed by atoms with Crippen molar-refractivity contribution < 1.29 is 14.5 Å². The molecule has 1 heterocycles. The lowest BCUT2D eigenvalue weighted by molar-refractivity contribution is -0.383. The fourth-order valence-electron chi connectivity index (χ4n) is 1.97. The molecule has 2 rings (SSSR count). The molecule has 8 heteroatoms. The Morgan fingerprint density at radius 3 is 2.85 bits per heavy atom. The van der Waals surface area contributed by atoms with Crippen molar-refractivity contribution in [2.45, 2.75) is 18.9 Å². The summed E-state index contributed by atoms with van der Waals surface area (Å²) in [6, 6.07) is 3.73. The van der Waals surface area contributed by atoms with Gasteiger partial charge in [0.2, 0.25) is 5.91 Å². The van der Waals surface area contributed by atoms with Gasteiger partial charge in [0.25, 0.3) is 11.6 Å². The van der Waals surface area contributed by atoms with Gasteiger partial charge in [-0.1, -0.05) is 0 Å². The van der Waals surface area contributed by atoms with Crippen LogP contribution in [0.3, 0.4) is 0 Å². The standard InChI is InChI=1S/C12H14N4O4/c13-9-3-1-7(5-10(9)16(19)20)12(18)15-8-2-4-11(17)14-6-8/h1,3,5,8H,2,4,6,13H2,(H,14,17)(H,15,18). The molecule has 2 amide bonds. The molecule has 1 aromatic rings. The molecule has 0 aromatic heterocycles. The predicted molar refractivity (Wildman–Crippen MR) is 71.0 cm³/mol. The van der Waals surface area contributed by atoms with Crippen LogP contribution in [0.25, 0.3) is 0 Å². The fraction of sp³-hybridized carbons (Fsp3) is 0.333. The van der Waals surface area contributed by atoms with E-state index in [2.05, 4.69) is 10.6 Å². The van der Waals surface area contributed by atoms with Gasteiger partial charge in [-0.05, 0) is 18.6 Å². The quantitative estimate of drug-likeness (QED) is 0.413. The van der Waals surface area contributed by atoms with Crippen LogP contribution < -0.4 is 16.4 Å². The lowest BCUT2D eigenvalue weighted by atomic mass is 10.1. The topological polar surface area (TPSA) is 127 Å². The number of nitrogens with zero attached hydrogens (tertiary/aromatic N) is 1. The highest BCUT2D eigenvalue weighted by molar-refractivity contribution is 5.96. The van der Waals surface area contributed by atoms with Crippen LogP contribution in [0.5, 0.6) is 0 Å². The number of hydrogen-bond donors (Lipinski definition) is 3. The lowest BCUT2D eigenvalue weighted by Gasteiger charge is -2.23. The maximum absolute atomic E-state index is 12.0. The number of nitro groups is 1. The Labute approximate surface area is 114 Å². The smallest absolute Gasteiger partial charge is 0.292 e. The molecular weight excluding hydrogens is 264 g/mol. The zero-order valence-corrected chi connectivity index (χ0v) is 10.6. The van der Waals surface area contributed by atoms with E-state index < -0.39 is 10.8 Å². The van der Waals surface area contributed by atoms with Gasteiger partial charge in [-0.3, -0.25) is 19.7 Å². The summed E-state index contributed by atoms with van der Waals surface area (Å²) in [7, 11) is 0. The Morgan fingerprint density at radius 1 is 1.50 bits per heavy atom. The van der Waals surface area contributed by atoms with Crippen molar-refractivity contribution in [3.63, 3.8) is 0 Å². The van der Waals surface area contributed by atoms with Crippen LogP contribution in [0.15, 0.2) is 18.2 Å². The molecule has 1 unspecified atom stereocenters. The molecule has 0 radical (unpaired) electrons. The van der Waals surface area contributed by atoms with Crippen molar-refractivity contribution in [3.05, 3.63) is 33.9 Å². The maximum atomic E-state index is 12.0. The number of nitrogens with two attached hydrogens (primary N) is 1. The van der Waals surface area contributed by atoms with Crippen LogP contribution in [0, 0.1) is 10.1 Å². The van der Waals surface area contributed by atoms with E-state index in [1.165, 1.54) is 12.1 Å². The first-order valence-corrected chi connectivity index (χ1v) is 6.09. The molecule has 20 heavy (non-hydrogen) atoms. The van der Waals surface area contributed by atoms with Gasteiger partial charge in [0, 0.05) is 30.6 Å². The number of amides is 2. The molecule has 0 saturated carbocycles. The molecule has 1 aliphatic rings. The Bertz CT molecular complexity index is 563. The van der Waals surface area contributed by atoms with Crippen molar-refractivity contribution in [1.82, 2.24) is 10.6 Å². The van der Waals surface area contributed by atoms with Gasteiger partial charge in [-0.25, -0.2) is 0 Å². The molecule has 1 saturated heterocycles. The van der Waals surface area contributed by atoms with Gasteiger partial charge >= 0.3 is 0 Å². The van der Waals surface area contributed by atoms with Gasteiger partial charge in [0.1, 0.15) is 5.69 Å². The number of nitro benzene ring substituents is 1. The average molecular weight is 278 g/mol. The Balaban J connectivity index is 2.07.